The number of ether oxygens (including phenoxy) is 1. The SMILES string of the molecule is NC1CCC(C(=O)C2CCOC3(CCCCC3)C2)CC1. The van der Waals surface area contributed by atoms with Crippen LogP contribution in [0.1, 0.15) is 70.6 Å². The number of carbonyl (C=O) groups is 1. The van der Waals surface area contributed by atoms with Crippen molar-refractivity contribution < 1.29 is 9.53 Å². The van der Waals surface area contributed by atoms with Gasteiger partial charge in [0.05, 0.1) is 5.60 Å². The van der Waals surface area contributed by atoms with Crippen LogP contribution in [0.3, 0.4) is 0 Å². The van der Waals surface area contributed by atoms with Gasteiger partial charge in [0.15, 0.2) is 0 Å². The Labute approximate surface area is 122 Å². The molecule has 3 nitrogen and oxygen atoms in total. The summed E-state index contributed by atoms with van der Waals surface area (Å²) in [4.78, 5) is 12.8. The maximum absolute atomic E-state index is 12.8. The van der Waals surface area contributed by atoms with Crippen molar-refractivity contribution in [3.63, 3.8) is 0 Å². The van der Waals surface area contributed by atoms with Gasteiger partial charge in [-0.2, -0.15) is 0 Å². The van der Waals surface area contributed by atoms with Gasteiger partial charge in [0.1, 0.15) is 5.78 Å². The molecule has 20 heavy (non-hydrogen) atoms. The normalized spacial score (nSPS) is 37.8. The fourth-order valence-electron chi connectivity index (χ4n) is 4.55. The molecule has 1 atom stereocenters. The minimum Gasteiger partial charge on any atom is -0.375 e. The zero-order valence-corrected chi connectivity index (χ0v) is 12.6. The Kier molecular flexibility index (Phi) is 4.46. The van der Waals surface area contributed by atoms with Crippen LogP contribution < -0.4 is 5.73 Å². The Morgan fingerprint density at radius 2 is 1.65 bits per heavy atom. The van der Waals surface area contributed by atoms with Crippen molar-refractivity contribution in [3.8, 4) is 0 Å². The molecule has 1 unspecified atom stereocenters. The van der Waals surface area contributed by atoms with E-state index in [2.05, 4.69) is 0 Å². The maximum Gasteiger partial charge on any atom is 0.139 e. The Morgan fingerprint density at radius 3 is 2.35 bits per heavy atom. The van der Waals surface area contributed by atoms with Crippen LogP contribution >= 0.6 is 0 Å². The van der Waals surface area contributed by atoms with Crippen molar-refractivity contribution in [2.24, 2.45) is 17.6 Å². The van der Waals surface area contributed by atoms with Crippen molar-refractivity contribution in [1.82, 2.24) is 0 Å². The molecule has 0 radical (unpaired) electrons. The van der Waals surface area contributed by atoms with Gasteiger partial charge in [-0.3, -0.25) is 4.79 Å². The van der Waals surface area contributed by atoms with E-state index < -0.39 is 0 Å². The highest BCUT2D eigenvalue weighted by atomic mass is 16.5. The molecule has 1 spiro atoms. The van der Waals surface area contributed by atoms with Crippen LogP contribution in [0.4, 0.5) is 0 Å². The van der Waals surface area contributed by atoms with Crippen molar-refractivity contribution in [2.75, 3.05) is 6.61 Å². The third-order valence-corrected chi connectivity index (χ3v) is 5.83. The van der Waals surface area contributed by atoms with Crippen LogP contribution in [0.5, 0.6) is 0 Å². The van der Waals surface area contributed by atoms with Crippen molar-refractivity contribution in [2.45, 2.75) is 82.3 Å². The first-order valence-electron chi connectivity index (χ1n) is 8.62. The maximum atomic E-state index is 12.8. The number of carbonyl (C=O) groups excluding carboxylic acids is 1. The van der Waals surface area contributed by atoms with Gasteiger partial charge in [-0.25, -0.2) is 0 Å². The summed E-state index contributed by atoms with van der Waals surface area (Å²) in [6, 6.07) is 0.332. The van der Waals surface area contributed by atoms with Crippen molar-refractivity contribution in [1.29, 1.82) is 0 Å². The van der Waals surface area contributed by atoms with Gasteiger partial charge in [-0.15, -0.1) is 0 Å². The molecule has 0 aromatic heterocycles. The third kappa shape index (κ3) is 3.09. The zero-order chi connectivity index (χ0) is 14.0. The molecule has 2 aliphatic carbocycles. The Bertz CT molecular complexity index is 335. The number of Topliss-reactive ketones (excluding diaryl/α,β-unsaturated/α-hetero) is 1. The van der Waals surface area contributed by atoms with E-state index >= 15 is 0 Å². The van der Waals surface area contributed by atoms with E-state index in [4.69, 9.17) is 10.5 Å². The van der Waals surface area contributed by atoms with Crippen LogP contribution in [-0.4, -0.2) is 24.0 Å². The quantitative estimate of drug-likeness (QED) is 0.844. The van der Waals surface area contributed by atoms with Crippen LogP contribution in [0, 0.1) is 11.8 Å². The molecular weight excluding hydrogens is 250 g/mol. The first kappa shape index (κ1) is 14.5. The van der Waals surface area contributed by atoms with E-state index in [0.717, 1.165) is 45.1 Å². The molecule has 3 rings (SSSR count). The molecular formula is C17H29NO2. The second-order valence-corrected chi connectivity index (χ2v) is 7.30. The zero-order valence-electron chi connectivity index (χ0n) is 12.6. The second-order valence-electron chi connectivity index (χ2n) is 7.30. The molecule has 3 heteroatoms. The first-order valence-corrected chi connectivity index (χ1v) is 8.62. The summed E-state index contributed by atoms with van der Waals surface area (Å²) in [5.74, 6) is 1.09. The largest absolute Gasteiger partial charge is 0.375 e. The van der Waals surface area contributed by atoms with Crippen molar-refractivity contribution >= 4 is 5.78 Å². The monoisotopic (exact) mass is 279 g/mol. The number of rotatable bonds is 2. The highest BCUT2D eigenvalue weighted by Crippen LogP contribution is 2.42. The highest BCUT2D eigenvalue weighted by molar-refractivity contribution is 5.83. The molecule has 0 aromatic carbocycles. The fourth-order valence-corrected chi connectivity index (χ4v) is 4.55. The number of ketones is 1. The summed E-state index contributed by atoms with van der Waals surface area (Å²) in [6.07, 6.45) is 12.3. The molecule has 3 aliphatic rings. The van der Waals surface area contributed by atoms with Gasteiger partial charge in [-0.1, -0.05) is 19.3 Å². The fraction of sp³-hybridized carbons (Fsp3) is 0.941. The first-order chi connectivity index (χ1) is 9.69. The predicted molar refractivity (Wildman–Crippen MR) is 79.4 cm³/mol. The summed E-state index contributed by atoms with van der Waals surface area (Å²) in [6.45, 7) is 0.794. The lowest BCUT2D eigenvalue weighted by Gasteiger charge is -2.44. The number of hydrogen-bond acceptors (Lipinski definition) is 3. The van der Waals surface area contributed by atoms with E-state index in [1.54, 1.807) is 0 Å². The topological polar surface area (TPSA) is 52.3 Å². The molecule has 1 aliphatic heterocycles. The molecule has 0 bridgehead atoms. The average Bonchev–Trinajstić information content (AvgIpc) is 2.48. The summed E-state index contributed by atoms with van der Waals surface area (Å²) in [5, 5.41) is 0. The lowest BCUT2D eigenvalue weighted by Crippen LogP contribution is -2.45. The van der Waals surface area contributed by atoms with Gasteiger partial charge in [-0.05, 0) is 51.4 Å². The number of nitrogens with two attached hydrogens (primary N) is 1. The molecule has 1 saturated heterocycles. The van der Waals surface area contributed by atoms with E-state index in [1.165, 1.54) is 32.1 Å². The molecule has 1 heterocycles. The minimum atomic E-state index is 0.0574. The molecule has 2 N–H and O–H groups in total. The average molecular weight is 279 g/mol. The Morgan fingerprint density at radius 1 is 0.950 bits per heavy atom. The van der Waals surface area contributed by atoms with Gasteiger partial charge in [0, 0.05) is 24.5 Å². The minimum absolute atomic E-state index is 0.0574. The lowest BCUT2D eigenvalue weighted by molar-refractivity contribution is -0.146. The molecule has 114 valence electrons. The summed E-state index contributed by atoms with van der Waals surface area (Å²) in [7, 11) is 0. The van der Waals surface area contributed by atoms with Gasteiger partial charge >= 0.3 is 0 Å². The van der Waals surface area contributed by atoms with Gasteiger partial charge in [0.25, 0.3) is 0 Å². The summed E-state index contributed by atoms with van der Waals surface area (Å²) >= 11 is 0. The molecule has 2 saturated carbocycles. The molecule has 3 fully saturated rings. The number of hydrogen-bond donors (Lipinski definition) is 1. The summed E-state index contributed by atoms with van der Waals surface area (Å²) in [5.41, 5.74) is 6.01. The summed E-state index contributed by atoms with van der Waals surface area (Å²) < 4.78 is 6.12. The predicted octanol–water partition coefficient (Wildman–Crippen LogP) is 3.20. The van der Waals surface area contributed by atoms with Gasteiger partial charge < -0.3 is 10.5 Å². The molecule has 0 amide bonds. The van der Waals surface area contributed by atoms with Gasteiger partial charge in [0.2, 0.25) is 0 Å². The van der Waals surface area contributed by atoms with Crippen LogP contribution in [0.2, 0.25) is 0 Å². The standard InChI is InChI=1S/C17H29NO2/c18-15-6-4-13(5-7-15)16(19)14-8-11-20-17(12-14)9-2-1-3-10-17/h13-15H,1-12,18H2. The van der Waals surface area contributed by atoms with Crippen LogP contribution in [0.25, 0.3) is 0 Å². The molecule has 0 aromatic rings. The Balaban J connectivity index is 1.60. The van der Waals surface area contributed by atoms with Crippen LogP contribution in [0.15, 0.2) is 0 Å². The van der Waals surface area contributed by atoms with Crippen LogP contribution in [-0.2, 0) is 9.53 Å². The van der Waals surface area contributed by atoms with E-state index in [0.29, 0.717) is 17.7 Å². The lowest BCUT2D eigenvalue weighted by atomic mass is 9.71. The van der Waals surface area contributed by atoms with E-state index in [9.17, 15) is 4.79 Å². The smallest absolute Gasteiger partial charge is 0.139 e. The third-order valence-electron chi connectivity index (χ3n) is 5.83. The highest BCUT2D eigenvalue weighted by Gasteiger charge is 2.42. The second kappa shape index (κ2) is 6.15. The Hall–Kier alpha value is -0.410. The van der Waals surface area contributed by atoms with E-state index in [-0.39, 0.29) is 11.5 Å². The van der Waals surface area contributed by atoms with Crippen molar-refractivity contribution in [3.05, 3.63) is 0 Å². The van der Waals surface area contributed by atoms with E-state index in [1.807, 2.05) is 0 Å².